The van der Waals surface area contributed by atoms with Crippen molar-refractivity contribution in [3.8, 4) is 0 Å². The van der Waals surface area contributed by atoms with E-state index in [9.17, 15) is 0 Å². The maximum Gasteiger partial charge on any atom is 0.198 e. The van der Waals surface area contributed by atoms with Gasteiger partial charge in [0.25, 0.3) is 0 Å². The minimum Gasteiger partial charge on any atom is -0.321 e. The highest BCUT2D eigenvalue weighted by Crippen LogP contribution is 2.23. The summed E-state index contributed by atoms with van der Waals surface area (Å²) < 4.78 is 1.37. The summed E-state index contributed by atoms with van der Waals surface area (Å²) in [6, 6.07) is 5.67. The van der Waals surface area contributed by atoms with Gasteiger partial charge >= 0.3 is 0 Å². The Morgan fingerprint density at radius 2 is 2.23 bits per heavy atom. The van der Waals surface area contributed by atoms with Crippen molar-refractivity contribution in [3.63, 3.8) is 0 Å². The van der Waals surface area contributed by atoms with Crippen LogP contribution in [0.2, 0.25) is 5.15 Å². The van der Waals surface area contributed by atoms with E-state index in [-0.39, 0.29) is 0 Å². The molecule has 0 bridgehead atoms. The molecular weight excluding hydrogens is 272 g/mol. The van der Waals surface area contributed by atoms with Crippen molar-refractivity contribution in [1.82, 2.24) is 9.97 Å². The molecule has 1 N–H and O–H groups in total. The molecular formula is C8H4BrClN2S. The second kappa shape index (κ2) is 3.36. The van der Waals surface area contributed by atoms with Gasteiger partial charge in [0.1, 0.15) is 5.15 Å². The van der Waals surface area contributed by atoms with Crippen LogP contribution in [0.1, 0.15) is 0 Å². The predicted octanol–water partition coefficient (Wildman–Crippen LogP) is 3.71. The van der Waals surface area contributed by atoms with Gasteiger partial charge in [-0.1, -0.05) is 27.5 Å². The van der Waals surface area contributed by atoms with Crippen molar-refractivity contribution < 1.29 is 0 Å². The maximum absolute atomic E-state index is 5.95. The minimum absolute atomic E-state index is 0.403. The number of nitrogens with one attached hydrogen (secondary N) is 1. The van der Waals surface area contributed by atoms with Crippen LogP contribution in [0.5, 0.6) is 0 Å². The number of hydrogen-bond donors (Lipinski definition) is 1. The number of fused-ring (bicyclic) bond motifs is 1. The first kappa shape index (κ1) is 9.12. The highest BCUT2D eigenvalue weighted by molar-refractivity contribution is 9.10. The van der Waals surface area contributed by atoms with Crippen molar-refractivity contribution in [2.24, 2.45) is 0 Å². The van der Waals surface area contributed by atoms with E-state index in [1.165, 1.54) is 0 Å². The molecule has 2 nitrogen and oxygen atoms in total. The van der Waals surface area contributed by atoms with Crippen molar-refractivity contribution in [3.05, 3.63) is 32.6 Å². The van der Waals surface area contributed by atoms with Gasteiger partial charge in [-0.15, -0.1) is 0 Å². The smallest absolute Gasteiger partial charge is 0.198 e. The summed E-state index contributed by atoms with van der Waals surface area (Å²) >= 11 is 14.2. The van der Waals surface area contributed by atoms with Crippen LogP contribution < -0.4 is 0 Å². The fraction of sp³-hybridized carbons (Fsp3) is 0. The van der Waals surface area contributed by atoms with E-state index in [1.54, 1.807) is 0 Å². The molecule has 2 aromatic rings. The van der Waals surface area contributed by atoms with E-state index in [2.05, 4.69) is 25.9 Å². The van der Waals surface area contributed by atoms with Gasteiger partial charge in [0.05, 0.1) is 5.52 Å². The van der Waals surface area contributed by atoms with Gasteiger partial charge in [-0.3, -0.25) is 0 Å². The molecule has 0 fully saturated rings. The molecule has 2 rings (SSSR count). The average molecular weight is 276 g/mol. The van der Waals surface area contributed by atoms with Crippen molar-refractivity contribution in [1.29, 1.82) is 0 Å². The quantitative estimate of drug-likeness (QED) is 0.586. The number of nitrogens with zero attached hydrogens (tertiary/aromatic N) is 1. The summed E-state index contributed by atoms with van der Waals surface area (Å²) in [7, 11) is 0. The zero-order chi connectivity index (χ0) is 9.42. The maximum atomic E-state index is 5.95. The Morgan fingerprint density at radius 3 is 3.00 bits per heavy atom. The Labute approximate surface area is 93.1 Å². The molecule has 0 atom stereocenters. The molecule has 0 spiro atoms. The fourth-order valence-corrected chi connectivity index (χ4v) is 1.94. The van der Waals surface area contributed by atoms with Gasteiger partial charge in [-0.25, -0.2) is 4.98 Å². The zero-order valence-electron chi connectivity index (χ0n) is 6.34. The topological polar surface area (TPSA) is 28.7 Å². The number of aromatic nitrogens is 2. The molecule has 5 heteroatoms. The number of rotatable bonds is 0. The molecule has 0 unspecified atom stereocenters. The lowest BCUT2D eigenvalue weighted by molar-refractivity contribution is 1.18. The number of H-pyrrole nitrogens is 1. The highest BCUT2D eigenvalue weighted by atomic mass is 79.9. The molecule has 0 saturated heterocycles. The van der Waals surface area contributed by atoms with Gasteiger partial charge < -0.3 is 4.98 Å². The van der Waals surface area contributed by atoms with Crippen molar-refractivity contribution in [2.45, 2.75) is 0 Å². The van der Waals surface area contributed by atoms with Gasteiger partial charge in [0.2, 0.25) is 0 Å². The van der Waals surface area contributed by atoms with Crippen LogP contribution in [0.15, 0.2) is 22.7 Å². The van der Waals surface area contributed by atoms with Crippen molar-refractivity contribution in [2.75, 3.05) is 0 Å². The number of halogens is 2. The van der Waals surface area contributed by atoms with Crippen LogP contribution in [-0.2, 0) is 0 Å². The summed E-state index contributed by atoms with van der Waals surface area (Å²) in [5, 5.41) is 1.39. The third-order valence-electron chi connectivity index (χ3n) is 1.63. The van der Waals surface area contributed by atoms with Gasteiger partial charge in [-0.2, -0.15) is 0 Å². The predicted molar refractivity (Wildman–Crippen MR) is 59.6 cm³/mol. The number of hydrogen-bond acceptors (Lipinski definition) is 2. The molecule has 1 aromatic heterocycles. The molecule has 0 saturated carbocycles. The first-order valence-electron chi connectivity index (χ1n) is 3.52. The fourth-order valence-electron chi connectivity index (χ4n) is 1.08. The third kappa shape index (κ3) is 1.75. The number of aromatic amines is 1. The van der Waals surface area contributed by atoms with Gasteiger partial charge in [0, 0.05) is 9.86 Å². The summed E-state index contributed by atoms with van der Waals surface area (Å²) in [6.45, 7) is 0. The SMILES string of the molecule is S=c1nc2ccc(Br)cc2c(Cl)[nH]1. The molecule has 1 heterocycles. The molecule has 66 valence electrons. The summed E-state index contributed by atoms with van der Waals surface area (Å²) in [6.07, 6.45) is 0. The lowest BCUT2D eigenvalue weighted by Gasteiger charge is -1.99. The normalized spacial score (nSPS) is 10.6. The summed E-state index contributed by atoms with van der Waals surface area (Å²) in [5.74, 6) is 0. The first-order chi connectivity index (χ1) is 6.16. The van der Waals surface area contributed by atoms with E-state index in [4.69, 9.17) is 23.8 Å². The molecule has 0 aliphatic rings. The van der Waals surface area contributed by atoms with Crippen LogP contribution >= 0.6 is 39.7 Å². The minimum atomic E-state index is 0.403. The molecule has 13 heavy (non-hydrogen) atoms. The molecule has 0 aliphatic carbocycles. The van der Waals surface area contributed by atoms with E-state index in [0.29, 0.717) is 9.92 Å². The van der Waals surface area contributed by atoms with Crippen LogP contribution in [0.4, 0.5) is 0 Å². The Kier molecular flexibility index (Phi) is 2.36. The largest absolute Gasteiger partial charge is 0.321 e. The molecule has 1 aromatic carbocycles. The molecule has 0 radical (unpaired) electrons. The first-order valence-corrected chi connectivity index (χ1v) is 5.10. The van der Waals surface area contributed by atoms with E-state index >= 15 is 0 Å². The highest BCUT2D eigenvalue weighted by Gasteiger charge is 2.00. The van der Waals surface area contributed by atoms with Gasteiger partial charge in [-0.05, 0) is 30.4 Å². The number of benzene rings is 1. The monoisotopic (exact) mass is 274 g/mol. The average Bonchev–Trinajstić information content (AvgIpc) is 2.06. The van der Waals surface area contributed by atoms with E-state index < -0.39 is 0 Å². The Hall–Kier alpha value is -0.450. The molecule has 0 aliphatic heterocycles. The standard InChI is InChI=1S/C8H4BrClN2S/c9-4-1-2-6-5(3-4)7(10)12-8(13)11-6/h1-3H,(H,11,12,13). The molecule has 0 amide bonds. The summed E-state index contributed by atoms with van der Waals surface area (Å²) in [5.41, 5.74) is 0.803. The summed E-state index contributed by atoms with van der Waals surface area (Å²) in [4.78, 5) is 6.92. The Bertz CT molecular complexity index is 523. The van der Waals surface area contributed by atoms with E-state index in [0.717, 1.165) is 15.4 Å². The lowest BCUT2D eigenvalue weighted by atomic mass is 10.2. The second-order valence-electron chi connectivity index (χ2n) is 2.52. The Morgan fingerprint density at radius 1 is 1.46 bits per heavy atom. The van der Waals surface area contributed by atoms with E-state index in [1.807, 2.05) is 18.2 Å². The van der Waals surface area contributed by atoms with Crippen LogP contribution in [-0.4, -0.2) is 9.97 Å². The van der Waals surface area contributed by atoms with Gasteiger partial charge in [0.15, 0.2) is 4.77 Å². The third-order valence-corrected chi connectivity index (χ3v) is 2.62. The van der Waals surface area contributed by atoms with Crippen molar-refractivity contribution >= 4 is 50.7 Å². The zero-order valence-corrected chi connectivity index (χ0v) is 9.50. The lowest BCUT2D eigenvalue weighted by Crippen LogP contribution is -1.85. The van der Waals surface area contributed by atoms with Crippen LogP contribution in [0.3, 0.4) is 0 Å². The second-order valence-corrected chi connectivity index (χ2v) is 4.20. The Balaban J connectivity index is 2.95. The van der Waals surface area contributed by atoms with Crippen LogP contribution in [0, 0.1) is 4.77 Å². The van der Waals surface area contributed by atoms with Crippen LogP contribution in [0.25, 0.3) is 10.9 Å².